The van der Waals surface area contributed by atoms with Crippen LogP contribution in [-0.2, 0) is 39.2 Å². The fraction of sp³-hybridized carbons (Fsp3) is 0.206. The minimum Gasteiger partial charge on any atom is -0.392 e. The van der Waals surface area contributed by atoms with Gasteiger partial charge >= 0.3 is 0 Å². The zero-order valence-corrected chi connectivity index (χ0v) is 26.4. The Labute approximate surface area is 272 Å². The average Bonchev–Trinajstić information content (AvgIpc) is 3.40. The average molecular weight is 665 g/mol. The van der Waals surface area contributed by atoms with Crippen molar-refractivity contribution in [1.29, 1.82) is 0 Å². The zero-order chi connectivity index (χ0) is 31.4. The molecule has 0 bridgehead atoms. The van der Waals surface area contributed by atoms with Crippen LogP contribution in [0.3, 0.4) is 0 Å². The molecule has 45 heavy (non-hydrogen) atoms. The number of imidazole rings is 1. The highest BCUT2D eigenvalue weighted by molar-refractivity contribution is 7.89. The van der Waals surface area contributed by atoms with Gasteiger partial charge < -0.3 is 19.1 Å². The number of nitrogens with zero attached hydrogens (tertiary/aromatic N) is 2. The van der Waals surface area contributed by atoms with E-state index in [1.807, 2.05) is 72.8 Å². The predicted octanol–water partition coefficient (Wildman–Crippen LogP) is 7.07. The van der Waals surface area contributed by atoms with Crippen LogP contribution in [-0.4, -0.2) is 29.2 Å². The Morgan fingerprint density at radius 3 is 2.27 bits per heavy atom. The molecule has 232 valence electrons. The molecule has 4 aromatic carbocycles. The number of aliphatic hydroxyl groups is 1. The molecule has 8 nitrogen and oxygen atoms in total. The SMILES string of the molecule is O=S(=O)(NCc1cccc(-c2ccc(C3OC(Cn4cnc(Cl)c4Cl)CC(c4ccc(CO)cc4)O3)cc2)c1)c1ccccc1. The van der Waals surface area contributed by atoms with Crippen LogP contribution in [0.2, 0.25) is 10.3 Å². The van der Waals surface area contributed by atoms with Crippen molar-refractivity contribution in [2.45, 2.75) is 49.5 Å². The van der Waals surface area contributed by atoms with Gasteiger partial charge in [0, 0.05) is 18.5 Å². The van der Waals surface area contributed by atoms with Crippen LogP contribution >= 0.6 is 23.2 Å². The molecule has 1 aliphatic heterocycles. The topological polar surface area (TPSA) is 103 Å². The van der Waals surface area contributed by atoms with Gasteiger partial charge in [0.1, 0.15) is 5.15 Å². The lowest BCUT2D eigenvalue weighted by Crippen LogP contribution is -2.32. The van der Waals surface area contributed by atoms with E-state index in [-0.39, 0.29) is 35.4 Å². The van der Waals surface area contributed by atoms with Gasteiger partial charge in [-0.2, -0.15) is 0 Å². The van der Waals surface area contributed by atoms with Crippen LogP contribution in [0.4, 0.5) is 0 Å². The summed E-state index contributed by atoms with van der Waals surface area (Å²) in [5.74, 6) is 0. The van der Waals surface area contributed by atoms with E-state index in [0.29, 0.717) is 18.1 Å². The number of ether oxygens (including phenoxy) is 2. The third-order valence-corrected chi connectivity index (χ3v) is 9.90. The Hall–Kier alpha value is -3.54. The molecule has 2 N–H and O–H groups in total. The molecule has 2 heterocycles. The van der Waals surface area contributed by atoms with E-state index in [9.17, 15) is 13.5 Å². The van der Waals surface area contributed by atoms with Crippen molar-refractivity contribution in [3.05, 3.63) is 142 Å². The lowest BCUT2D eigenvalue weighted by molar-refractivity contribution is -0.252. The number of rotatable bonds is 10. The fourth-order valence-corrected chi connectivity index (χ4v) is 6.63. The Morgan fingerprint density at radius 1 is 0.844 bits per heavy atom. The van der Waals surface area contributed by atoms with E-state index in [4.69, 9.17) is 32.7 Å². The van der Waals surface area contributed by atoms with Crippen LogP contribution in [0, 0.1) is 0 Å². The predicted molar refractivity (Wildman–Crippen MR) is 173 cm³/mol. The summed E-state index contributed by atoms with van der Waals surface area (Å²) >= 11 is 12.4. The van der Waals surface area contributed by atoms with Crippen molar-refractivity contribution < 1.29 is 23.0 Å². The monoisotopic (exact) mass is 663 g/mol. The normalized spacial score (nSPS) is 18.6. The quantitative estimate of drug-likeness (QED) is 0.166. The smallest absolute Gasteiger partial charge is 0.240 e. The van der Waals surface area contributed by atoms with Crippen LogP contribution < -0.4 is 4.72 Å². The number of benzene rings is 4. The number of sulfonamides is 1. The van der Waals surface area contributed by atoms with Gasteiger partial charge in [0.25, 0.3) is 0 Å². The van der Waals surface area contributed by atoms with Crippen LogP contribution in [0.1, 0.15) is 41.1 Å². The molecule has 5 aromatic rings. The van der Waals surface area contributed by atoms with E-state index >= 15 is 0 Å². The van der Waals surface area contributed by atoms with Gasteiger partial charge in [0.15, 0.2) is 11.4 Å². The Balaban J connectivity index is 1.19. The Bertz CT molecular complexity index is 1850. The van der Waals surface area contributed by atoms with Gasteiger partial charge in [-0.05, 0) is 46.0 Å². The number of aromatic nitrogens is 2. The van der Waals surface area contributed by atoms with E-state index in [0.717, 1.165) is 33.4 Å². The largest absolute Gasteiger partial charge is 0.392 e. The zero-order valence-electron chi connectivity index (χ0n) is 24.1. The second kappa shape index (κ2) is 13.8. The molecule has 6 rings (SSSR count). The summed E-state index contributed by atoms with van der Waals surface area (Å²) in [5, 5.41) is 10.1. The highest BCUT2D eigenvalue weighted by Gasteiger charge is 2.33. The van der Waals surface area contributed by atoms with Crippen molar-refractivity contribution >= 4 is 33.2 Å². The summed E-state index contributed by atoms with van der Waals surface area (Å²) in [7, 11) is -3.62. The maximum atomic E-state index is 12.7. The summed E-state index contributed by atoms with van der Waals surface area (Å²) in [6, 6.07) is 31.7. The van der Waals surface area contributed by atoms with Crippen molar-refractivity contribution in [3.8, 4) is 11.1 Å². The molecule has 0 spiro atoms. The molecule has 1 aromatic heterocycles. The van der Waals surface area contributed by atoms with E-state index < -0.39 is 16.3 Å². The maximum absolute atomic E-state index is 12.7. The second-order valence-electron chi connectivity index (χ2n) is 10.8. The van der Waals surface area contributed by atoms with Crippen molar-refractivity contribution in [1.82, 2.24) is 14.3 Å². The molecule has 0 radical (unpaired) electrons. The molecule has 1 fully saturated rings. The molecular formula is C34H31Cl2N3O5S. The van der Waals surface area contributed by atoms with Crippen LogP contribution in [0.15, 0.2) is 114 Å². The van der Waals surface area contributed by atoms with E-state index in [1.165, 1.54) is 0 Å². The number of halogens is 2. The Kier molecular flexibility index (Phi) is 9.67. The standard InChI is InChI=1S/C34H31Cl2N3O5S/c35-32-33(36)39(22-37-32)20-29-18-31(26-11-9-23(21-40)10-12-26)44-34(43-29)27-15-13-25(14-16-27)28-6-4-5-24(17-28)19-38-45(41,42)30-7-2-1-3-8-30/h1-17,22,29,31,34,38,40H,18-21H2. The molecule has 11 heteroatoms. The maximum Gasteiger partial charge on any atom is 0.240 e. The lowest BCUT2D eigenvalue weighted by atomic mass is 9.99. The van der Waals surface area contributed by atoms with E-state index in [1.54, 1.807) is 41.2 Å². The van der Waals surface area contributed by atoms with Gasteiger partial charge in [-0.1, -0.05) is 108 Å². The van der Waals surface area contributed by atoms with Crippen LogP contribution in [0.5, 0.6) is 0 Å². The Morgan fingerprint density at radius 2 is 1.58 bits per heavy atom. The van der Waals surface area contributed by atoms with Crippen molar-refractivity contribution in [2.75, 3.05) is 0 Å². The van der Waals surface area contributed by atoms with Gasteiger partial charge in [-0.25, -0.2) is 18.1 Å². The third-order valence-electron chi connectivity index (χ3n) is 7.71. The van der Waals surface area contributed by atoms with Crippen molar-refractivity contribution in [2.24, 2.45) is 0 Å². The van der Waals surface area contributed by atoms with Gasteiger partial charge in [-0.3, -0.25) is 0 Å². The summed E-state index contributed by atoms with van der Waals surface area (Å²) in [6.07, 6.45) is 1.04. The first-order chi connectivity index (χ1) is 21.8. The molecule has 0 amide bonds. The highest BCUT2D eigenvalue weighted by atomic mass is 35.5. The number of aliphatic hydroxyl groups excluding tert-OH is 1. The number of nitrogens with one attached hydrogen (secondary N) is 1. The molecular weight excluding hydrogens is 633 g/mol. The fourth-order valence-electron chi connectivity index (χ4n) is 5.28. The van der Waals surface area contributed by atoms with Gasteiger partial charge in [-0.15, -0.1) is 0 Å². The minimum absolute atomic E-state index is 0.0292. The third kappa shape index (κ3) is 7.48. The lowest BCUT2D eigenvalue weighted by Gasteiger charge is -2.36. The highest BCUT2D eigenvalue weighted by Crippen LogP contribution is 2.39. The molecule has 0 saturated carbocycles. The summed E-state index contributed by atoms with van der Waals surface area (Å²) < 4.78 is 42.7. The van der Waals surface area contributed by atoms with Gasteiger partial charge in [0.05, 0.1) is 36.6 Å². The molecule has 1 aliphatic rings. The summed E-state index contributed by atoms with van der Waals surface area (Å²) in [5.41, 5.74) is 5.42. The molecule has 1 saturated heterocycles. The first-order valence-corrected chi connectivity index (χ1v) is 16.6. The summed E-state index contributed by atoms with van der Waals surface area (Å²) in [6.45, 7) is 0.586. The first-order valence-electron chi connectivity index (χ1n) is 14.4. The minimum atomic E-state index is -3.62. The number of hydrogen-bond donors (Lipinski definition) is 2. The molecule has 3 unspecified atom stereocenters. The second-order valence-corrected chi connectivity index (χ2v) is 13.3. The van der Waals surface area contributed by atoms with Gasteiger partial charge in [0.2, 0.25) is 10.0 Å². The molecule has 0 aliphatic carbocycles. The molecule has 3 atom stereocenters. The summed E-state index contributed by atoms with van der Waals surface area (Å²) in [4.78, 5) is 4.32. The first kappa shape index (κ1) is 31.4. The van der Waals surface area contributed by atoms with Crippen LogP contribution in [0.25, 0.3) is 11.1 Å². The van der Waals surface area contributed by atoms with E-state index in [2.05, 4.69) is 9.71 Å². The van der Waals surface area contributed by atoms with Crippen molar-refractivity contribution in [3.63, 3.8) is 0 Å². The number of hydrogen-bond acceptors (Lipinski definition) is 6.